The van der Waals surface area contributed by atoms with Gasteiger partial charge in [0.1, 0.15) is 12.0 Å². The highest BCUT2D eigenvalue weighted by molar-refractivity contribution is 6.36. The molecule has 29 heavy (non-hydrogen) atoms. The van der Waals surface area contributed by atoms with E-state index in [9.17, 15) is 4.79 Å². The van der Waals surface area contributed by atoms with Crippen LogP contribution in [-0.2, 0) is 9.47 Å². The lowest BCUT2D eigenvalue weighted by Gasteiger charge is -2.24. The van der Waals surface area contributed by atoms with Gasteiger partial charge in [-0.3, -0.25) is 0 Å². The molecule has 3 aromatic rings. The Morgan fingerprint density at radius 2 is 2.21 bits per heavy atom. The van der Waals surface area contributed by atoms with Crippen molar-refractivity contribution in [2.75, 3.05) is 18.9 Å². The van der Waals surface area contributed by atoms with E-state index < -0.39 is 5.97 Å². The van der Waals surface area contributed by atoms with E-state index in [4.69, 9.17) is 26.8 Å². The minimum atomic E-state index is -0.467. The van der Waals surface area contributed by atoms with Gasteiger partial charge in [-0.15, -0.1) is 0 Å². The number of halogens is 1. The number of aromatic nitrogens is 3. The number of benzene rings is 1. The van der Waals surface area contributed by atoms with Gasteiger partial charge in [0.05, 0.1) is 11.6 Å². The van der Waals surface area contributed by atoms with Crippen molar-refractivity contribution in [1.29, 1.82) is 0 Å². The van der Waals surface area contributed by atoms with Crippen LogP contribution in [0.3, 0.4) is 0 Å². The molecule has 0 saturated carbocycles. The molecule has 0 radical (unpaired) electrons. The number of rotatable bonds is 4. The second-order valence-corrected chi connectivity index (χ2v) is 7.49. The van der Waals surface area contributed by atoms with Crippen LogP contribution in [0.2, 0.25) is 5.02 Å². The van der Waals surface area contributed by atoms with Crippen LogP contribution in [-0.4, -0.2) is 33.9 Å². The van der Waals surface area contributed by atoms with E-state index in [1.807, 2.05) is 19.1 Å². The normalized spacial score (nSPS) is 16.9. The SMILES string of the molecule is CCOC(=O)c1nn(C2CCCCO2)c(C)c1-c1cc(Cl)c2cnc(N)cc2c1. The third kappa shape index (κ3) is 3.68. The van der Waals surface area contributed by atoms with Crippen LogP contribution in [0, 0.1) is 6.92 Å². The fourth-order valence-electron chi connectivity index (χ4n) is 3.78. The number of nitrogens with two attached hydrogens (primary N) is 1. The van der Waals surface area contributed by atoms with Crippen molar-refractivity contribution in [3.05, 3.63) is 40.8 Å². The lowest BCUT2D eigenvalue weighted by Crippen LogP contribution is -2.20. The summed E-state index contributed by atoms with van der Waals surface area (Å²) < 4.78 is 13.0. The van der Waals surface area contributed by atoms with Crippen molar-refractivity contribution in [1.82, 2.24) is 14.8 Å². The number of ether oxygens (including phenoxy) is 2. The quantitative estimate of drug-likeness (QED) is 0.631. The van der Waals surface area contributed by atoms with Gasteiger partial charge in [-0.05, 0) is 62.3 Å². The molecule has 1 atom stereocenters. The van der Waals surface area contributed by atoms with Crippen LogP contribution < -0.4 is 5.73 Å². The lowest BCUT2D eigenvalue weighted by molar-refractivity contribution is -0.0408. The zero-order chi connectivity index (χ0) is 20.5. The van der Waals surface area contributed by atoms with Gasteiger partial charge in [0, 0.05) is 29.4 Å². The van der Waals surface area contributed by atoms with Crippen molar-refractivity contribution in [2.45, 2.75) is 39.3 Å². The molecule has 0 spiro atoms. The van der Waals surface area contributed by atoms with Crippen molar-refractivity contribution in [3.63, 3.8) is 0 Å². The number of anilines is 1. The van der Waals surface area contributed by atoms with Crippen LogP contribution in [0.4, 0.5) is 5.82 Å². The summed E-state index contributed by atoms with van der Waals surface area (Å²) in [6, 6.07) is 5.53. The van der Waals surface area contributed by atoms with Gasteiger partial charge in [-0.1, -0.05) is 11.6 Å². The molecule has 3 heterocycles. The predicted molar refractivity (Wildman–Crippen MR) is 112 cm³/mol. The number of esters is 1. The summed E-state index contributed by atoms with van der Waals surface area (Å²) in [7, 11) is 0. The van der Waals surface area contributed by atoms with Crippen molar-refractivity contribution in [2.24, 2.45) is 0 Å². The van der Waals surface area contributed by atoms with Crippen molar-refractivity contribution < 1.29 is 14.3 Å². The summed E-state index contributed by atoms with van der Waals surface area (Å²) >= 11 is 6.52. The lowest BCUT2D eigenvalue weighted by atomic mass is 10.00. The number of pyridine rings is 1. The molecule has 0 aliphatic carbocycles. The van der Waals surface area contributed by atoms with Crippen LogP contribution in [0.15, 0.2) is 24.4 Å². The fourth-order valence-corrected chi connectivity index (χ4v) is 4.05. The topological polar surface area (TPSA) is 92.3 Å². The Kier molecular flexibility index (Phi) is 5.43. The zero-order valence-electron chi connectivity index (χ0n) is 16.4. The molecule has 1 aliphatic rings. The van der Waals surface area contributed by atoms with E-state index in [1.165, 1.54) is 0 Å². The van der Waals surface area contributed by atoms with E-state index in [1.54, 1.807) is 23.9 Å². The first-order valence-corrected chi connectivity index (χ1v) is 10.1. The maximum atomic E-state index is 12.7. The fraction of sp³-hybridized carbons (Fsp3) is 0.381. The average molecular weight is 415 g/mol. The zero-order valence-corrected chi connectivity index (χ0v) is 17.2. The Morgan fingerprint density at radius 3 is 2.93 bits per heavy atom. The third-order valence-corrected chi connectivity index (χ3v) is 5.46. The maximum absolute atomic E-state index is 12.7. The molecule has 2 aromatic heterocycles. The molecule has 1 unspecified atom stereocenters. The smallest absolute Gasteiger partial charge is 0.359 e. The number of hydrogen-bond donors (Lipinski definition) is 1. The van der Waals surface area contributed by atoms with Gasteiger partial charge in [0.25, 0.3) is 0 Å². The van der Waals surface area contributed by atoms with Gasteiger partial charge >= 0.3 is 5.97 Å². The molecule has 7 nitrogen and oxygen atoms in total. The summed E-state index contributed by atoms with van der Waals surface area (Å²) in [4.78, 5) is 16.8. The first-order chi connectivity index (χ1) is 14.0. The number of carbonyl (C=O) groups excluding carboxylic acids is 1. The van der Waals surface area contributed by atoms with Gasteiger partial charge < -0.3 is 15.2 Å². The molecule has 1 saturated heterocycles. The minimum Gasteiger partial charge on any atom is -0.461 e. The molecular formula is C21H23ClN4O3. The minimum absolute atomic E-state index is 0.193. The first-order valence-electron chi connectivity index (χ1n) is 9.72. The van der Waals surface area contributed by atoms with E-state index >= 15 is 0 Å². The second kappa shape index (κ2) is 8.00. The predicted octanol–water partition coefficient (Wildman–Crippen LogP) is 4.52. The molecule has 4 rings (SSSR count). The standard InChI is InChI=1S/C21H23ClN4O3/c1-3-28-21(27)20-19(12(2)26(25-20)18-6-4-5-7-29-18)14-8-13-10-17(23)24-11-15(13)16(22)9-14/h8-11,18H,3-7H2,1-2H3,(H2,23,24). The van der Waals surface area contributed by atoms with Crippen LogP contribution >= 0.6 is 11.6 Å². The van der Waals surface area contributed by atoms with E-state index in [2.05, 4.69) is 10.1 Å². The monoisotopic (exact) mass is 414 g/mol. The molecule has 0 amide bonds. The summed E-state index contributed by atoms with van der Waals surface area (Å²) in [5, 5.41) is 6.76. The van der Waals surface area contributed by atoms with Crippen molar-refractivity contribution in [3.8, 4) is 11.1 Å². The molecular weight excluding hydrogens is 392 g/mol. The molecule has 1 fully saturated rings. The molecule has 2 N–H and O–H groups in total. The maximum Gasteiger partial charge on any atom is 0.359 e. The highest BCUT2D eigenvalue weighted by Crippen LogP contribution is 2.36. The van der Waals surface area contributed by atoms with E-state index in [0.717, 1.165) is 41.3 Å². The van der Waals surface area contributed by atoms with Gasteiger partial charge in [-0.2, -0.15) is 5.10 Å². The third-order valence-electron chi connectivity index (χ3n) is 5.14. The Bertz CT molecular complexity index is 1070. The number of nitrogen functional groups attached to an aromatic ring is 1. The van der Waals surface area contributed by atoms with E-state index in [-0.39, 0.29) is 18.5 Å². The molecule has 0 bridgehead atoms. The second-order valence-electron chi connectivity index (χ2n) is 7.08. The van der Waals surface area contributed by atoms with Crippen molar-refractivity contribution >= 4 is 34.2 Å². The van der Waals surface area contributed by atoms with Crippen LogP contribution in [0.5, 0.6) is 0 Å². The molecule has 1 aromatic carbocycles. The Morgan fingerprint density at radius 1 is 1.38 bits per heavy atom. The highest BCUT2D eigenvalue weighted by atomic mass is 35.5. The highest BCUT2D eigenvalue weighted by Gasteiger charge is 2.28. The number of hydrogen-bond acceptors (Lipinski definition) is 6. The Labute approximate surface area is 173 Å². The average Bonchev–Trinajstić information content (AvgIpc) is 3.05. The molecule has 1 aliphatic heterocycles. The van der Waals surface area contributed by atoms with Gasteiger partial charge in [0.15, 0.2) is 5.69 Å². The van der Waals surface area contributed by atoms with Crippen LogP contribution in [0.1, 0.15) is 48.6 Å². The van der Waals surface area contributed by atoms with Crippen LogP contribution in [0.25, 0.3) is 21.9 Å². The first kappa shape index (κ1) is 19.7. The summed E-state index contributed by atoms with van der Waals surface area (Å²) in [5.74, 6) is -0.0648. The summed E-state index contributed by atoms with van der Waals surface area (Å²) in [6.07, 6.45) is 4.40. The molecule has 152 valence electrons. The number of carbonyl (C=O) groups is 1. The van der Waals surface area contributed by atoms with Gasteiger partial charge in [-0.25, -0.2) is 14.5 Å². The summed E-state index contributed by atoms with van der Waals surface area (Å²) in [5.41, 5.74) is 8.41. The largest absolute Gasteiger partial charge is 0.461 e. The summed E-state index contributed by atoms with van der Waals surface area (Å²) in [6.45, 7) is 4.66. The molecule has 8 heteroatoms. The van der Waals surface area contributed by atoms with Gasteiger partial charge in [0.2, 0.25) is 0 Å². The number of fused-ring (bicyclic) bond motifs is 1. The Balaban J connectivity index is 1.90. The van der Waals surface area contributed by atoms with E-state index in [0.29, 0.717) is 23.0 Å². The Hall–Kier alpha value is -2.64. The number of nitrogens with zero attached hydrogens (tertiary/aromatic N) is 3.